The van der Waals surface area contributed by atoms with Crippen LogP contribution in [0.25, 0.3) is 0 Å². The molecule has 0 bridgehead atoms. The molecule has 2 saturated heterocycles. The molecule has 0 aliphatic carbocycles. The van der Waals surface area contributed by atoms with Crippen LogP contribution in [-0.4, -0.2) is 66.5 Å². The zero-order chi connectivity index (χ0) is 13.3. The third kappa shape index (κ3) is 2.14. The summed E-state index contributed by atoms with van der Waals surface area (Å²) < 4.78 is 4.68. The average Bonchev–Trinajstić information content (AvgIpc) is 2.42. The standard InChI is InChI=1S/C12H19N3O3/c1-9-8-15(11(9)16)10(2)13-4-6-14(7-5-13)12(17)18-3/h9H,2,4-8H2,1,3H3/t9-/m1/s1. The Morgan fingerprint density at radius 1 is 1.28 bits per heavy atom. The first-order chi connectivity index (χ1) is 8.54. The molecule has 0 N–H and O–H groups in total. The van der Waals surface area contributed by atoms with Crippen LogP contribution >= 0.6 is 0 Å². The van der Waals surface area contributed by atoms with E-state index in [1.165, 1.54) is 7.11 Å². The van der Waals surface area contributed by atoms with E-state index in [-0.39, 0.29) is 17.9 Å². The highest BCUT2D eigenvalue weighted by Crippen LogP contribution is 2.24. The minimum Gasteiger partial charge on any atom is -0.453 e. The van der Waals surface area contributed by atoms with Gasteiger partial charge in [-0.25, -0.2) is 4.79 Å². The second-order valence-corrected chi connectivity index (χ2v) is 4.71. The van der Waals surface area contributed by atoms with Crippen molar-refractivity contribution in [1.82, 2.24) is 14.7 Å². The number of nitrogens with zero attached hydrogens (tertiary/aromatic N) is 3. The molecular formula is C12H19N3O3. The molecule has 0 aromatic carbocycles. The van der Waals surface area contributed by atoms with E-state index in [1.807, 2.05) is 11.8 Å². The molecule has 0 unspecified atom stereocenters. The van der Waals surface area contributed by atoms with Crippen LogP contribution in [-0.2, 0) is 9.53 Å². The van der Waals surface area contributed by atoms with Crippen LogP contribution in [0.15, 0.2) is 12.4 Å². The molecule has 2 rings (SSSR count). The molecule has 2 fully saturated rings. The number of methoxy groups -OCH3 is 1. The smallest absolute Gasteiger partial charge is 0.409 e. The number of ether oxygens (including phenoxy) is 1. The maximum Gasteiger partial charge on any atom is 0.409 e. The Kier molecular flexibility index (Phi) is 3.45. The fourth-order valence-electron chi connectivity index (χ4n) is 2.28. The first kappa shape index (κ1) is 12.7. The van der Waals surface area contributed by atoms with Gasteiger partial charge in [0.25, 0.3) is 0 Å². The highest BCUT2D eigenvalue weighted by atomic mass is 16.5. The Balaban J connectivity index is 1.85. The number of hydrogen-bond donors (Lipinski definition) is 0. The quantitative estimate of drug-likeness (QED) is 0.665. The van der Waals surface area contributed by atoms with E-state index < -0.39 is 0 Å². The minimum atomic E-state index is -0.297. The highest BCUT2D eigenvalue weighted by Gasteiger charge is 2.37. The second kappa shape index (κ2) is 4.88. The molecule has 2 amide bonds. The molecule has 0 saturated carbocycles. The Hall–Kier alpha value is -1.72. The summed E-state index contributed by atoms with van der Waals surface area (Å²) in [4.78, 5) is 28.4. The van der Waals surface area contributed by atoms with Gasteiger partial charge in [0.15, 0.2) is 0 Å². The second-order valence-electron chi connectivity index (χ2n) is 4.71. The summed E-state index contributed by atoms with van der Waals surface area (Å²) in [6.45, 7) is 9.21. The number of rotatable bonds is 2. The van der Waals surface area contributed by atoms with Crippen LogP contribution in [0.2, 0.25) is 0 Å². The molecule has 6 nitrogen and oxygen atoms in total. The summed E-state index contributed by atoms with van der Waals surface area (Å²) in [6.07, 6.45) is -0.297. The number of likely N-dealkylation sites (tertiary alicyclic amines) is 1. The number of β-lactam (4-membered cyclic amide) rings is 1. The topological polar surface area (TPSA) is 53.1 Å². The first-order valence-corrected chi connectivity index (χ1v) is 6.12. The van der Waals surface area contributed by atoms with Crippen molar-refractivity contribution in [2.45, 2.75) is 6.92 Å². The summed E-state index contributed by atoms with van der Waals surface area (Å²) in [7, 11) is 1.38. The molecule has 0 aromatic rings. The molecule has 100 valence electrons. The van der Waals surface area contributed by atoms with Gasteiger partial charge >= 0.3 is 6.09 Å². The minimum absolute atomic E-state index is 0.109. The van der Waals surface area contributed by atoms with Crippen LogP contribution in [0.5, 0.6) is 0 Å². The predicted octanol–water partition coefficient (Wildman–Crippen LogP) is 0.320. The number of piperazine rings is 1. The van der Waals surface area contributed by atoms with Gasteiger partial charge in [-0.3, -0.25) is 9.69 Å². The molecule has 2 aliphatic heterocycles. The average molecular weight is 253 g/mol. The van der Waals surface area contributed by atoms with Crippen molar-refractivity contribution in [2.24, 2.45) is 5.92 Å². The first-order valence-electron chi connectivity index (χ1n) is 6.12. The molecule has 6 heteroatoms. The van der Waals surface area contributed by atoms with Gasteiger partial charge in [0.05, 0.1) is 13.0 Å². The van der Waals surface area contributed by atoms with Crippen molar-refractivity contribution in [1.29, 1.82) is 0 Å². The van der Waals surface area contributed by atoms with Crippen LogP contribution in [0.3, 0.4) is 0 Å². The zero-order valence-corrected chi connectivity index (χ0v) is 10.9. The Bertz CT molecular complexity index is 375. The molecule has 0 aromatic heterocycles. The number of carbonyl (C=O) groups is 2. The molecular weight excluding hydrogens is 234 g/mol. The van der Waals surface area contributed by atoms with Gasteiger partial charge in [-0.05, 0) is 0 Å². The van der Waals surface area contributed by atoms with E-state index in [0.29, 0.717) is 26.2 Å². The van der Waals surface area contributed by atoms with E-state index in [4.69, 9.17) is 0 Å². The normalized spacial score (nSPS) is 23.8. The van der Waals surface area contributed by atoms with Crippen molar-refractivity contribution in [3.05, 3.63) is 12.4 Å². The fourth-order valence-corrected chi connectivity index (χ4v) is 2.28. The number of carbonyl (C=O) groups excluding carboxylic acids is 2. The Morgan fingerprint density at radius 2 is 1.83 bits per heavy atom. The predicted molar refractivity (Wildman–Crippen MR) is 65.6 cm³/mol. The van der Waals surface area contributed by atoms with Crippen LogP contribution in [0, 0.1) is 5.92 Å². The summed E-state index contributed by atoms with van der Waals surface area (Å²) in [5, 5.41) is 0. The van der Waals surface area contributed by atoms with Gasteiger partial charge in [-0.1, -0.05) is 13.5 Å². The zero-order valence-electron chi connectivity index (χ0n) is 10.9. The van der Waals surface area contributed by atoms with Crippen molar-refractivity contribution in [3.8, 4) is 0 Å². The Labute approximate surface area is 107 Å². The van der Waals surface area contributed by atoms with Crippen molar-refractivity contribution in [2.75, 3.05) is 39.8 Å². The molecule has 18 heavy (non-hydrogen) atoms. The third-order valence-corrected chi connectivity index (χ3v) is 3.53. The highest BCUT2D eigenvalue weighted by molar-refractivity contribution is 5.85. The number of amides is 2. The fraction of sp³-hybridized carbons (Fsp3) is 0.667. The maximum atomic E-state index is 11.6. The van der Waals surface area contributed by atoms with Gasteiger partial charge in [0.2, 0.25) is 5.91 Å². The van der Waals surface area contributed by atoms with E-state index in [9.17, 15) is 9.59 Å². The summed E-state index contributed by atoms with van der Waals surface area (Å²) in [5.74, 6) is 0.996. The molecule has 2 heterocycles. The lowest BCUT2D eigenvalue weighted by atomic mass is 10.0. The van der Waals surface area contributed by atoms with Crippen molar-refractivity contribution < 1.29 is 14.3 Å². The van der Waals surface area contributed by atoms with E-state index in [0.717, 1.165) is 12.4 Å². The van der Waals surface area contributed by atoms with Gasteiger partial charge in [0, 0.05) is 32.7 Å². The summed E-state index contributed by atoms with van der Waals surface area (Å²) in [6, 6.07) is 0. The molecule has 0 spiro atoms. The van der Waals surface area contributed by atoms with Crippen LogP contribution in [0.4, 0.5) is 4.79 Å². The third-order valence-electron chi connectivity index (χ3n) is 3.53. The summed E-state index contributed by atoms with van der Waals surface area (Å²) in [5.41, 5.74) is 0. The maximum absolute atomic E-state index is 11.6. The lowest BCUT2D eigenvalue weighted by molar-refractivity contribution is -0.145. The van der Waals surface area contributed by atoms with E-state index in [2.05, 4.69) is 11.3 Å². The SMILES string of the molecule is C=C(N1CCN(C(=O)OC)CC1)N1C[C@@H](C)C1=O. The monoisotopic (exact) mass is 253 g/mol. The van der Waals surface area contributed by atoms with Crippen LogP contribution in [0.1, 0.15) is 6.92 Å². The van der Waals surface area contributed by atoms with Gasteiger partial charge in [-0.2, -0.15) is 0 Å². The van der Waals surface area contributed by atoms with E-state index >= 15 is 0 Å². The summed E-state index contributed by atoms with van der Waals surface area (Å²) >= 11 is 0. The van der Waals surface area contributed by atoms with Crippen molar-refractivity contribution in [3.63, 3.8) is 0 Å². The van der Waals surface area contributed by atoms with Gasteiger partial charge in [0.1, 0.15) is 5.82 Å². The van der Waals surface area contributed by atoms with Crippen molar-refractivity contribution >= 4 is 12.0 Å². The molecule has 1 atom stereocenters. The lowest BCUT2D eigenvalue weighted by Gasteiger charge is -2.44. The lowest BCUT2D eigenvalue weighted by Crippen LogP contribution is -2.56. The van der Waals surface area contributed by atoms with Gasteiger partial charge < -0.3 is 14.5 Å². The molecule has 0 radical (unpaired) electrons. The number of hydrogen-bond acceptors (Lipinski definition) is 4. The van der Waals surface area contributed by atoms with Gasteiger partial charge in [-0.15, -0.1) is 0 Å². The van der Waals surface area contributed by atoms with E-state index in [1.54, 1.807) is 9.80 Å². The Morgan fingerprint density at radius 3 is 2.28 bits per heavy atom. The molecule has 2 aliphatic rings. The van der Waals surface area contributed by atoms with Crippen LogP contribution < -0.4 is 0 Å². The largest absolute Gasteiger partial charge is 0.453 e.